The van der Waals surface area contributed by atoms with Gasteiger partial charge < -0.3 is 10.1 Å². The Balaban J connectivity index is 1.62. The van der Waals surface area contributed by atoms with Gasteiger partial charge in [-0.05, 0) is 31.2 Å². The number of nitrogens with zero attached hydrogens (tertiary/aromatic N) is 1. The van der Waals surface area contributed by atoms with Crippen LogP contribution in [-0.2, 0) is 4.74 Å². The van der Waals surface area contributed by atoms with Crippen molar-refractivity contribution in [3.63, 3.8) is 0 Å². The van der Waals surface area contributed by atoms with E-state index in [1.165, 1.54) is 17.0 Å². The first kappa shape index (κ1) is 17.2. The Labute approximate surface area is 149 Å². The van der Waals surface area contributed by atoms with Crippen molar-refractivity contribution < 1.29 is 18.7 Å². The van der Waals surface area contributed by atoms with Crippen LogP contribution in [0.15, 0.2) is 42.5 Å². The molecular weight excluding hydrogens is 347 g/mol. The molecule has 130 valence electrons. The highest BCUT2D eigenvalue weighted by Crippen LogP contribution is 2.22. The second kappa shape index (κ2) is 7.11. The summed E-state index contributed by atoms with van der Waals surface area (Å²) in [6.45, 7) is 2.32. The van der Waals surface area contributed by atoms with Gasteiger partial charge in [0.15, 0.2) is 0 Å². The molecule has 1 saturated heterocycles. The maximum Gasteiger partial charge on any atom is 0.414 e. The van der Waals surface area contributed by atoms with Gasteiger partial charge in [-0.2, -0.15) is 0 Å². The standard InChI is InChI=1S/C18H16ClFN2O3/c1-11-5-7-12(8-6-11)22-10-13(25-18(22)24)9-21-17(23)16-14(19)3-2-4-15(16)20/h2-8,13H,9-10H2,1H3,(H,21,23). The first-order valence-corrected chi connectivity index (χ1v) is 8.10. The van der Waals surface area contributed by atoms with E-state index in [0.717, 1.165) is 17.3 Å². The molecule has 0 spiro atoms. The van der Waals surface area contributed by atoms with E-state index in [4.69, 9.17) is 16.3 Å². The monoisotopic (exact) mass is 362 g/mol. The van der Waals surface area contributed by atoms with Crippen LogP contribution in [0, 0.1) is 12.7 Å². The summed E-state index contributed by atoms with van der Waals surface area (Å²) in [7, 11) is 0. The number of hydrogen-bond donors (Lipinski definition) is 1. The molecule has 2 amide bonds. The van der Waals surface area contributed by atoms with Crippen molar-refractivity contribution in [3.05, 3.63) is 64.4 Å². The summed E-state index contributed by atoms with van der Waals surface area (Å²) < 4.78 is 19.0. The Kier molecular flexibility index (Phi) is 4.90. The third kappa shape index (κ3) is 3.74. The number of amides is 2. The molecule has 0 aliphatic carbocycles. The smallest absolute Gasteiger partial charge is 0.414 e. The van der Waals surface area contributed by atoms with Crippen LogP contribution in [0.1, 0.15) is 15.9 Å². The normalized spacial score (nSPS) is 16.7. The summed E-state index contributed by atoms with van der Waals surface area (Å²) in [4.78, 5) is 25.6. The predicted molar refractivity (Wildman–Crippen MR) is 92.5 cm³/mol. The summed E-state index contributed by atoms with van der Waals surface area (Å²) in [5, 5.41) is 2.59. The molecule has 3 rings (SSSR count). The van der Waals surface area contributed by atoms with E-state index >= 15 is 0 Å². The highest BCUT2D eigenvalue weighted by atomic mass is 35.5. The molecule has 1 heterocycles. The zero-order valence-corrected chi connectivity index (χ0v) is 14.2. The van der Waals surface area contributed by atoms with Gasteiger partial charge in [0.1, 0.15) is 11.9 Å². The molecule has 25 heavy (non-hydrogen) atoms. The fourth-order valence-corrected chi connectivity index (χ4v) is 2.82. The van der Waals surface area contributed by atoms with Crippen molar-refractivity contribution in [3.8, 4) is 0 Å². The van der Waals surface area contributed by atoms with E-state index in [2.05, 4.69) is 5.32 Å². The lowest BCUT2D eigenvalue weighted by Crippen LogP contribution is -2.35. The number of rotatable bonds is 4. The summed E-state index contributed by atoms with van der Waals surface area (Å²) >= 11 is 5.86. The molecule has 2 aromatic rings. The maximum atomic E-state index is 13.7. The average Bonchev–Trinajstić information content (AvgIpc) is 2.94. The Hall–Kier alpha value is -2.60. The van der Waals surface area contributed by atoms with Crippen molar-refractivity contribution in [2.45, 2.75) is 13.0 Å². The Morgan fingerprint density at radius 3 is 2.72 bits per heavy atom. The molecule has 0 saturated carbocycles. The number of aryl methyl sites for hydroxylation is 1. The number of benzene rings is 2. The van der Waals surface area contributed by atoms with E-state index in [1.54, 1.807) is 0 Å². The molecule has 0 radical (unpaired) electrons. The molecular formula is C18H16ClFN2O3. The van der Waals surface area contributed by atoms with Gasteiger partial charge in [0.2, 0.25) is 0 Å². The van der Waals surface area contributed by atoms with Crippen molar-refractivity contribution >= 4 is 29.3 Å². The summed E-state index contributed by atoms with van der Waals surface area (Å²) in [5.41, 5.74) is 1.59. The fraction of sp³-hybridized carbons (Fsp3) is 0.222. The summed E-state index contributed by atoms with van der Waals surface area (Å²) in [6, 6.07) is 11.5. The van der Waals surface area contributed by atoms with Gasteiger partial charge in [-0.1, -0.05) is 35.4 Å². The molecule has 1 unspecified atom stereocenters. The minimum atomic E-state index is -0.699. The number of nitrogens with one attached hydrogen (secondary N) is 1. The van der Waals surface area contributed by atoms with Crippen LogP contribution in [0.2, 0.25) is 5.02 Å². The van der Waals surface area contributed by atoms with Gasteiger partial charge in [-0.15, -0.1) is 0 Å². The van der Waals surface area contributed by atoms with Crippen molar-refractivity contribution in [2.75, 3.05) is 18.0 Å². The molecule has 1 aliphatic rings. The fourth-order valence-electron chi connectivity index (χ4n) is 2.57. The minimum absolute atomic E-state index is 0.0298. The highest BCUT2D eigenvalue weighted by molar-refractivity contribution is 6.33. The van der Waals surface area contributed by atoms with Gasteiger partial charge in [0.25, 0.3) is 5.91 Å². The number of ether oxygens (including phenoxy) is 1. The lowest BCUT2D eigenvalue weighted by Gasteiger charge is -2.13. The second-order valence-corrected chi connectivity index (χ2v) is 6.17. The van der Waals surface area contributed by atoms with Crippen molar-refractivity contribution in [1.29, 1.82) is 0 Å². The maximum absolute atomic E-state index is 13.7. The lowest BCUT2D eigenvalue weighted by molar-refractivity contribution is 0.0912. The molecule has 0 bridgehead atoms. The van der Waals surface area contributed by atoms with E-state index in [1.807, 2.05) is 31.2 Å². The summed E-state index contributed by atoms with van der Waals surface area (Å²) in [6.07, 6.45) is -1.00. The minimum Gasteiger partial charge on any atom is -0.442 e. The molecule has 0 aromatic heterocycles. The third-order valence-electron chi connectivity index (χ3n) is 3.90. The zero-order valence-electron chi connectivity index (χ0n) is 13.5. The van der Waals surface area contributed by atoms with Gasteiger partial charge in [-0.25, -0.2) is 9.18 Å². The molecule has 1 fully saturated rings. The molecule has 1 atom stereocenters. The van der Waals surface area contributed by atoms with Crippen LogP contribution >= 0.6 is 11.6 Å². The number of carbonyl (C=O) groups is 2. The third-order valence-corrected chi connectivity index (χ3v) is 4.21. The molecule has 5 nitrogen and oxygen atoms in total. The van der Waals surface area contributed by atoms with Crippen LogP contribution < -0.4 is 10.2 Å². The highest BCUT2D eigenvalue weighted by Gasteiger charge is 2.32. The molecule has 1 aliphatic heterocycles. The van der Waals surface area contributed by atoms with Gasteiger partial charge in [0.05, 0.1) is 23.7 Å². The second-order valence-electron chi connectivity index (χ2n) is 5.76. The number of hydrogen-bond acceptors (Lipinski definition) is 3. The van der Waals surface area contributed by atoms with E-state index < -0.39 is 23.9 Å². The van der Waals surface area contributed by atoms with Crippen LogP contribution in [0.25, 0.3) is 0 Å². The number of cyclic esters (lactones) is 1. The number of anilines is 1. The zero-order chi connectivity index (χ0) is 18.0. The lowest BCUT2D eigenvalue weighted by atomic mass is 10.2. The number of carbonyl (C=O) groups excluding carboxylic acids is 2. The Bertz CT molecular complexity index is 790. The predicted octanol–water partition coefficient (Wildman–Crippen LogP) is 3.54. The summed E-state index contributed by atoms with van der Waals surface area (Å²) in [5.74, 6) is -1.34. The topological polar surface area (TPSA) is 58.6 Å². The number of halogens is 2. The SMILES string of the molecule is Cc1ccc(N2CC(CNC(=O)c3c(F)cccc3Cl)OC2=O)cc1. The Morgan fingerprint density at radius 2 is 2.04 bits per heavy atom. The van der Waals surface area contributed by atoms with E-state index in [0.29, 0.717) is 6.54 Å². The van der Waals surface area contributed by atoms with Gasteiger partial charge in [0, 0.05) is 5.69 Å². The average molecular weight is 363 g/mol. The molecule has 1 N–H and O–H groups in total. The molecule has 2 aromatic carbocycles. The van der Waals surface area contributed by atoms with E-state index in [9.17, 15) is 14.0 Å². The van der Waals surface area contributed by atoms with Crippen LogP contribution in [0.3, 0.4) is 0 Å². The first-order valence-electron chi connectivity index (χ1n) is 7.72. The van der Waals surface area contributed by atoms with Gasteiger partial charge in [-0.3, -0.25) is 9.69 Å². The van der Waals surface area contributed by atoms with Crippen LogP contribution in [0.5, 0.6) is 0 Å². The van der Waals surface area contributed by atoms with Crippen molar-refractivity contribution in [2.24, 2.45) is 0 Å². The van der Waals surface area contributed by atoms with Crippen LogP contribution in [0.4, 0.5) is 14.9 Å². The largest absolute Gasteiger partial charge is 0.442 e. The van der Waals surface area contributed by atoms with Crippen molar-refractivity contribution in [1.82, 2.24) is 5.32 Å². The van der Waals surface area contributed by atoms with Crippen LogP contribution in [-0.4, -0.2) is 31.2 Å². The van der Waals surface area contributed by atoms with Gasteiger partial charge >= 0.3 is 6.09 Å². The first-order chi connectivity index (χ1) is 12.0. The molecule has 7 heteroatoms. The quantitative estimate of drug-likeness (QED) is 0.905. The Morgan fingerprint density at radius 1 is 1.32 bits per heavy atom. The van der Waals surface area contributed by atoms with E-state index in [-0.39, 0.29) is 17.1 Å².